The molecule has 0 saturated heterocycles. The summed E-state index contributed by atoms with van der Waals surface area (Å²) in [6, 6.07) is 0. The van der Waals surface area contributed by atoms with Gasteiger partial charge in [0, 0.05) is 18.3 Å². The Morgan fingerprint density at radius 1 is 1.45 bits per heavy atom. The summed E-state index contributed by atoms with van der Waals surface area (Å²) in [5.74, 6) is 1.21. The van der Waals surface area contributed by atoms with E-state index in [4.69, 9.17) is 0 Å². The molecule has 0 N–H and O–H groups in total. The molecule has 2 heteroatoms. The maximum atomic E-state index is 4.42. The van der Waals surface area contributed by atoms with E-state index in [-0.39, 0.29) is 0 Å². The van der Waals surface area contributed by atoms with Crippen molar-refractivity contribution in [2.45, 2.75) is 26.7 Å². The van der Waals surface area contributed by atoms with Crippen LogP contribution in [-0.4, -0.2) is 9.55 Å². The number of rotatable bonds is 0. The van der Waals surface area contributed by atoms with Crippen molar-refractivity contribution in [3.05, 3.63) is 23.8 Å². The molecule has 58 valence electrons. The van der Waals surface area contributed by atoms with Crippen LogP contribution < -0.4 is 0 Å². The molecular formula is C9H12N2. The molecule has 0 aromatic carbocycles. The van der Waals surface area contributed by atoms with Gasteiger partial charge < -0.3 is 4.57 Å². The quantitative estimate of drug-likeness (QED) is 0.550. The highest BCUT2D eigenvalue weighted by atomic mass is 15.1. The third-order valence-electron chi connectivity index (χ3n) is 2.09. The predicted molar refractivity (Wildman–Crippen MR) is 45.2 cm³/mol. The van der Waals surface area contributed by atoms with Crippen molar-refractivity contribution in [1.29, 1.82) is 0 Å². The SMILES string of the molecule is CC1=CCCc2nc(C)cn21. The maximum absolute atomic E-state index is 4.42. The first-order valence-corrected chi connectivity index (χ1v) is 3.99. The highest BCUT2D eigenvalue weighted by Gasteiger charge is 2.09. The molecule has 2 rings (SSSR count). The highest BCUT2D eigenvalue weighted by molar-refractivity contribution is 5.45. The maximum Gasteiger partial charge on any atom is 0.113 e. The topological polar surface area (TPSA) is 17.8 Å². The van der Waals surface area contributed by atoms with Crippen molar-refractivity contribution in [3.63, 3.8) is 0 Å². The first-order valence-electron chi connectivity index (χ1n) is 3.99. The third kappa shape index (κ3) is 0.985. The second-order valence-corrected chi connectivity index (χ2v) is 3.05. The lowest BCUT2D eigenvalue weighted by Gasteiger charge is -2.11. The van der Waals surface area contributed by atoms with Gasteiger partial charge in [-0.2, -0.15) is 0 Å². The van der Waals surface area contributed by atoms with E-state index in [0.717, 1.165) is 18.5 Å². The van der Waals surface area contributed by atoms with Crippen LogP contribution in [0.3, 0.4) is 0 Å². The van der Waals surface area contributed by atoms with Gasteiger partial charge in [-0.1, -0.05) is 6.08 Å². The molecule has 1 aliphatic rings. The van der Waals surface area contributed by atoms with Crippen LogP contribution in [0.2, 0.25) is 0 Å². The number of aryl methyl sites for hydroxylation is 2. The van der Waals surface area contributed by atoms with Crippen LogP contribution in [-0.2, 0) is 6.42 Å². The summed E-state index contributed by atoms with van der Waals surface area (Å²) in [5.41, 5.74) is 2.43. The van der Waals surface area contributed by atoms with Crippen LogP contribution in [0, 0.1) is 6.92 Å². The molecule has 0 bridgehead atoms. The minimum atomic E-state index is 1.09. The zero-order chi connectivity index (χ0) is 7.84. The molecule has 1 aliphatic heterocycles. The molecule has 0 spiro atoms. The van der Waals surface area contributed by atoms with Crippen molar-refractivity contribution >= 4 is 5.70 Å². The summed E-state index contributed by atoms with van der Waals surface area (Å²) in [5, 5.41) is 0. The van der Waals surface area contributed by atoms with Gasteiger partial charge in [-0.25, -0.2) is 4.98 Å². The van der Waals surface area contributed by atoms with E-state index >= 15 is 0 Å². The first-order chi connectivity index (χ1) is 5.27. The highest BCUT2D eigenvalue weighted by Crippen LogP contribution is 2.17. The fourth-order valence-corrected chi connectivity index (χ4v) is 1.54. The average Bonchev–Trinajstić information content (AvgIpc) is 2.31. The molecule has 0 radical (unpaired) electrons. The number of fused-ring (bicyclic) bond motifs is 1. The molecule has 0 unspecified atom stereocenters. The van der Waals surface area contributed by atoms with Crippen molar-refractivity contribution in [3.8, 4) is 0 Å². The van der Waals surface area contributed by atoms with E-state index < -0.39 is 0 Å². The largest absolute Gasteiger partial charge is 0.308 e. The molecule has 0 fully saturated rings. The molecule has 0 saturated carbocycles. The lowest BCUT2D eigenvalue weighted by molar-refractivity contribution is 0.814. The molecular weight excluding hydrogens is 136 g/mol. The summed E-state index contributed by atoms with van der Waals surface area (Å²) in [7, 11) is 0. The van der Waals surface area contributed by atoms with Crippen LogP contribution in [0.25, 0.3) is 5.70 Å². The van der Waals surface area contributed by atoms with E-state index in [0.29, 0.717) is 0 Å². The number of hydrogen-bond donors (Lipinski definition) is 0. The molecule has 0 amide bonds. The van der Waals surface area contributed by atoms with E-state index in [1.165, 1.54) is 11.5 Å². The molecule has 11 heavy (non-hydrogen) atoms. The van der Waals surface area contributed by atoms with Gasteiger partial charge >= 0.3 is 0 Å². The molecule has 2 heterocycles. The Labute approximate surface area is 66.6 Å². The normalized spacial score (nSPS) is 16.0. The standard InChI is InChI=1S/C9H12N2/c1-7-6-11-8(2)4-3-5-9(11)10-7/h4,6H,3,5H2,1-2H3. The Hall–Kier alpha value is -1.05. The van der Waals surface area contributed by atoms with Gasteiger partial charge in [0.25, 0.3) is 0 Å². The lowest BCUT2D eigenvalue weighted by Crippen LogP contribution is -2.04. The van der Waals surface area contributed by atoms with Crippen LogP contribution >= 0.6 is 0 Å². The van der Waals surface area contributed by atoms with Crippen LogP contribution in [0.1, 0.15) is 24.9 Å². The van der Waals surface area contributed by atoms with Crippen LogP contribution in [0.5, 0.6) is 0 Å². The Morgan fingerprint density at radius 2 is 2.27 bits per heavy atom. The first kappa shape index (κ1) is 6.65. The minimum absolute atomic E-state index is 1.09. The summed E-state index contributed by atoms with van der Waals surface area (Å²) in [6.45, 7) is 4.17. The van der Waals surface area contributed by atoms with Gasteiger partial charge in [0.2, 0.25) is 0 Å². The number of allylic oxidation sites excluding steroid dienone is 2. The summed E-state index contributed by atoms with van der Waals surface area (Å²) in [6.07, 6.45) is 6.59. The van der Waals surface area contributed by atoms with Crippen molar-refractivity contribution in [2.24, 2.45) is 0 Å². The fourth-order valence-electron chi connectivity index (χ4n) is 1.54. The van der Waals surface area contributed by atoms with Crippen molar-refractivity contribution in [1.82, 2.24) is 9.55 Å². The van der Waals surface area contributed by atoms with Crippen LogP contribution in [0.15, 0.2) is 12.3 Å². The van der Waals surface area contributed by atoms with E-state index in [2.05, 4.69) is 28.7 Å². The van der Waals surface area contributed by atoms with Crippen LogP contribution in [0.4, 0.5) is 0 Å². The molecule has 1 aromatic rings. The Balaban J connectivity index is 2.55. The lowest BCUT2D eigenvalue weighted by atomic mass is 10.2. The minimum Gasteiger partial charge on any atom is -0.308 e. The monoisotopic (exact) mass is 148 g/mol. The van der Waals surface area contributed by atoms with E-state index in [1.807, 2.05) is 6.92 Å². The number of hydrogen-bond acceptors (Lipinski definition) is 1. The Bertz CT molecular complexity index is 307. The van der Waals surface area contributed by atoms with Gasteiger partial charge in [-0.3, -0.25) is 0 Å². The Morgan fingerprint density at radius 3 is 3.00 bits per heavy atom. The molecule has 0 aliphatic carbocycles. The molecule has 0 atom stereocenters. The van der Waals surface area contributed by atoms with Gasteiger partial charge in [-0.05, 0) is 20.3 Å². The predicted octanol–water partition coefficient (Wildman–Crippen LogP) is 2.00. The zero-order valence-electron chi connectivity index (χ0n) is 6.96. The van der Waals surface area contributed by atoms with Gasteiger partial charge in [0.05, 0.1) is 5.69 Å². The second-order valence-electron chi connectivity index (χ2n) is 3.05. The van der Waals surface area contributed by atoms with Gasteiger partial charge in [-0.15, -0.1) is 0 Å². The Kier molecular flexibility index (Phi) is 1.34. The number of imidazole rings is 1. The van der Waals surface area contributed by atoms with Gasteiger partial charge in [0.1, 0.15) is 5.82 Å². The summed E-state index contributed by atoms with van der Waals surface area (Å²) in [4.78, 5) is 4.42. The number of aromatic nitrogens is 2. The summed E-state index contributed by atoms with van der Waals surface area (Å²) >= 11 is 0. The van der Waals surface area contributed by atoms with E-state index in [1.54, 1.807) is 0 Å². The fraction of sp³-hybridized carbons (Fsp3) is 0.444. The smallest absolute Gasteiger partial charge is 0.113 e. The number of nitrogens with zero attached hydrogens (tertiary/aromatic N) is 2. The average molecular weight is 148 g/mol. The second kappa shape index (κ2) is 2.22. The molecule has 1 aromatic heterocycles. The van der Waals surface area contributed by atoms with Crippen molar-refractivity contribution in [2.75, 3.05) is 0 Å². The zero-order valence-corrected chi connectivity index (χ0v) is 6.96. The van der Waals surface area contributed by atoms with Gasteiger partial charge in [0.15, 0.2) is 0 Å². The van der Waals surface area contributed by atoms with E-state index in [9.17, 15) is 0 Å². The third-order valence-corrected chi connectivity index (χ3v) is 2.09. The van der Waals surface area contributed by atoms with Crippen molar-refractivity contribution < 1.29 is 0 Å². The molecule has 2 nitrogen and oxygen atoms in total. The summed E-state index contributed by atoms with van der Waals surface area (Å²) < 4.78 is 2.18.